The van der Waals surface area contributed by atoms with Crippen LogP contribution in [0, 0.1) is 62.6 Å². The van der Waals surface area contributed by atoms with E-state index in [9.17, 15) is 24.9 Å². The molecule has 202 valence electrons. The molecule has 5 fully saturated rings. The van der Waals surface area contributed by atoms with Crippen molar-refractivity contribution in [2.75, 3.05) is 0 Å². The lowest BCUT2D eigenvalue weighted by atomic mass is 9.31. The summed E-state index contributed by atoms with van der Waals surface area (Å²) in [6.07, 6.45) is 7.21. The van der Waals surface area contributed by atoms with Crippen molar-refractivity contribution in [3.8, 4) is 0 Å². The van der Waals surface area contributed by atoms with Crippen molar-refractivity contribution in [1.29, 1.82) is 0 Å². The van der Waals surface area contributed by atoms with Crippen LogP contribution in [0.25, 0.3) is 0 Å². The van der Waals surface area contributed by atoms with Gasteiger partial charge in [0.1, 0.15) is 0 Å². The third-order valence-electron chi connectivity index (χ3n) is 13.8. The molecule has 5 nitrogen and oxygen atoms in total. The maximum atomic E-state index is 12.8. The van der Waals surface area contributed by atoms with Gasteiger partial charge in [-0.1, -0.05) is 46.8 Å². The monoisotopic (exact) mass is 500 g/mol. The van der Waals surface area contributed by atoms with E-state index in [1.807, 2.05) is 0 Å². The number of carboxylic acids is 2. The Labute approximate surface area is 217 Å². The molecule has 0 heterocycles. The van der Waals surface area contributed by atoms with E-state index in [1.54, 1.807) is 0 Å². The van der Waals surface area contributed by atoms with E-state index in [-0.39, 0.29) is 34.0 Å². The minimum absolute atomic E-state index is 0.0183. The van der Waals surface area contributed by atoms with Crippen molar-refractivity contribution in [1.82, 2.24) is 0 Å². The first-order chi connectivity index (χ1) is 16.6. The lowest BCUT2D eigenvalue weighted by molar-refractivity contribution is -0.257. The molecule has 0 spiro atoms. The van der Waals surface area contributed by atoms with Crippen molar-refractivity contribution >= 4 is 11.9 Å². The summed E-state index contributed by atoms with van der Waals surface area (Å²) in [6.45, 7) is 17.9. The minimum atomic E-state index is -0.874. The van der Waals surface area contributed by atoms with Gasteiger partial charge < -0.3 is 15.3 Å². The van der Waals surface area contributed by atoms with Crippen molar-refractivity contribution in [2.24, 2.45) is 62.6 Å². The molecular weight excluding hydrogens is 452 g/mol. The smallest absolute Gasteiger partial charge is 0.309 e. The van der Waals surface area contributed by atoms with Crippen LogP contribution in [0.4, 0.5) is 0 Å². The average molecular weight is 501 g/mol. The maximum Gasteiger partial charge on any atom is 0.309 e. The van der Waals surface area contributed by atoms with Crippen LogP contribution in [0.2, 0.25) is 0 Å². The standard InChI is InChI=1S/C31H48O5/c1-17(2)18-10-13-31(26(35)36)15-14-29(6)20(23(18)31)8-9-22-28(5)16-19(25(33)34)24(32)27(3,4)21(28)11-12-30(22,29)7/h18-24,32H,1,8-16H2,2-7H3,(H,33,34)(H,35,36)/t18?,19-,20?,21?,22?,23?,24+,28+,29-,30-,31+/m1/s1. The molecule has 0 aromatic carbocycles. The van der Waals surface area contributed by atoms with Gasteiger partial charge in [0.2, 0.25) is 0 Å². The number of hydrogen-bond donors (Lipinski definition) is 3. The first kappa shape index (κ1) is 26.3. The Hall–Kier alpha value is -1.36. The van der Waals surface area contributed by atoms with Gasteiger partial charge >= 0.3 is 11.9 Å². The third-order valence-corrected chi connectivity index (χ3v) is 13.8. The highest BCUT2D eigenvalue weighted by molar-refractivity contribution is 5.76. The van der Waals surface area contributed by atoms with Crippen LogP contribution in [0.1, 0.15) is 99.3 Å². The van der Waals surface area contributed by atoms with Gasteiger partial charge in [-0.05, 0) is 116 Å². The van der Waals surface area contributed by atoms with Crippen LogP contribution in [-0.2, 0) is 9.59 Å². The van der Waals surface area contributed by atoms with Crippen LogP contribution in [-0.4, -0.2) is 33.4 Å². The molecule has 11 atom stereocenters. The lowest BCUT2D eigenvalue weighted by Gasteiger charge is -2.73. The van der Waals surface area contributed by atoms with E-state index in [1.165, 1.54) is 0 Å². The number of carbonyl (C=O) groups is 2. The second-order valence-corrected chi connectivity index (χ2v) is 15.1. The number of rotatable bonds is 3. The highest BCUT2D eigenvalue weighted by Gasteiger charge is 2.72. The molecule has 3 N–H and O–H groups in total. The zero-order chi connectivity index (χ0) is 26.6. The van der Waals surface area contributed by atoms with Gasteiger partial charge in [0.05, 0.1) is 17.4 Å². The van der Waals surface area contributed by atoms with Gasteiger partial charge in [-0.15, -0.1) is 0 Å². The van der Waals surface area contributed by atoms with Crippen LogP contribution < -0.4 is 0 Å². The Morgan fingerprint density at radius 3 is 2.06 bits per heavy atom. The molecule has 36 heavy (non-hydrogen) atoms. The fourth-order valence-corrected chi connectivity index (χ4v) is 11.9. The average Bonchev–Trinajstić information content (AvgIpc) is 3.18. The van der Waals surface area contributed by atoms with Crippen molar-refractivity contribution in [3.63, 3.8) is 0 Å². The molecule has 5 unspecified atom stereocenters. The molecule has 0 aromatic heterocycles. The van der Waals surface area contributed by atoms with Crippen LogP contribution in [0.15, 0.2) is 12.2 Å². The van der Waals surface area contributed by atoms with Crippen molar-refractivity contribution < 1.29 is 24.9 Å². The molecule has 5 heteroatoms. The second-order valence-electron chi connectivity index (χ2n) is 15.1. The predicted molar refractivity (Wildman–Crippen MR) is 139 cm³/mol. The molecule has 5 aliphatic rings. The Morgan fingerprint density at radius 1 is 0.806 bits per heavy atom. The lowest BCUT2D eigenvalue weighted by Crippen LogP contribution is -2.68. The molecule has 5 aliphatic carbocycles. The topological polar surface area (TPSA) is 94.8 Å². The number of aliphatic hydroxyl groups excluding tert-OH is 1. The highest BCUT2D eigenvalue weighted by atomic mass is 16.4. The van der Waals surface area contributed by atoms with E-state index < -0.39 is 34.8 Å². The number of allylic oxidation sites excluding steroid dienone is 1. The Kier molecular flexibility index (Phi) is 5.71. The number of aliphatic hydroxyl groups is 1. The van der Waals surface area contributed by atoms with Crippen LogP contribution in [0.3, 0.4) is 0 Å². The molecule has 0 aromatic rings. The van der Waals surface area contributed by atoms with Gasteiger partial charge in [-0.2, -0.15) is 0 Å². The van der Waals surface area contributed by atoms with Crippen LogP contribution >= 0.6 is 0 Å². The second kappa shape index (κ2) is 7.83. The summed E-state index contributed by atoms with van der Waals surface area (Å²) in [7, 11) is 0. The largest absolute Gasteiger partial charge is 0.481 e. The summed E-state index contributed by atoms with van der Waals surface area (Å²) in [5.74, 6) is -0.780. The molecule has 0 amide bonds. The zero-order valence-corrected chi connectivity index (χ0v) is 23.3. The Balaban J connectivity index is 1.58. The maximum absolute atomic E-state index is 12.8. The number of hydrogen-bond acceptors (Lipinski definition) is 3. The SMILES string of the molecule is C=C(C)C1CC[C@]2(C(=O)O)CC[C@]3(C)C(CCC4[C@@]5(C)C[C@@H](C(=O)O)[C@H](O)C(C)(C)C5CC[C@]43C)C12. The van der Waals surface area contributed by atoms with Crippen molar-refractivity contribution in [2.45, 2.75) is 105 Å². The summed E-state index contributed by atoms with van der Waals surface area (Å²) in [4.78, 5) is 25.1. The predicted octanol–water partition coefficient (Wildman–Crippen LogP) is 6.40. The van der Waals surface area contributed by atoms with Crippen molar-refractivity contribution in [3.05, 3.63) is 12.2 Å². The van der Waals surface area contributed by atoms with E-state index in [2.05, 4.69) is 48.1 Å². The minimum Gasteiger partial charge on any atom is -0.481 e. The zero-order valence-electron chi connectivity index (χ0n) is 23.3. The third kappa shape index (κ3) is 2.98. The first-order valence-electron chi connectivity index (χ1n) is 14.4. The normalized spacial score (nSPS) is 53.4. The summed E-state index contributed by atoms with van der Waals surface area (Å²) in [5.41, 5.74) is -0.0416. The van der Waals surface area contributed by atoms with E-state index in [4.69, 9.17) is 0 Å². The molecule has 0 bridgehead atoms. The van der Waals surface area contributed by atoms with E-state index >= 15 is 0 Å². The van der Waals surface area contributed by atoms with Crippen LogP contribution in [0.5, 0.6) is 0 Å². The van der Waals surface area contributed by atoms with Gasteiger partial charge in [-0.3, -0.25) is 9.59 Å². The number of aliphatic carboxylic acids is 2. The fourth-order valence-electron chi connectivity index (χ4n) is 11.9. The van der Waals surface area contributed by atoms with E-state index in [0.29, 0.717) is 18.3 Å². The quantitative estimate of drug-likeness (QED) is 0.390. The first-order valence-corrected chi connectivity index (χ1v) is 14.4. The summed E-state index contributed by atoms with van der Waals surface area (Å²) in [6, 6.07) is 0. The molecule has 0 radical (unpaired) electrons. The number of carboxylic acid groups (broad SMARTS) is 2. The Bertz CT molecular complexity index is 985. The fraction of sp³-hybridized carbons (Fsp3) is 0.871. The molecular formula is C31H48O5. The molecule has 0 aliphatic heterocycles. The van der Waals surface area contributed by atoms with Gasteiger partial charge in [0.15, 0.2) is 0 Å². The summed E-state index contributed by atoms with van der Waals surface area (Å²) >= 11 is 0. The van der Waals surface area contributed by atoms with Gasteiger partial charge in [-0.25, -0.2) is 0 Å². The number of fused-ring (bicyclic) bond motifs is 7. The highest BCUT2D eigenvalue weighted by Crippen LogP contribution is 2.77. The molecule has 5 saturated carbocycles. The van der Waals surface area contributed by atoms with Gasteiger partial charge in [0.25, 0.3) is 0 Å². The van der Waals surface area contributed by atoms with Gasteiger partial charge in [0, 0.05) is 0 Å². The molecule has 5 rings (SSSR count). The summed E-state index contributed by atoms with van der Waals surface area (Å²) in [5, 5.41) is 31.7. The Morgan fingerprint density at radius 2 is 1.47 bits per heavy atom. The summed E-state index contributed by atoms with van der Waals surface area (Å²) < 4.78 is 0. The molecule has 0 saturated heterocycles. The van der Waals surface area contributed by atoms with E-state index in [0.717, 1.165) is 56.9 Å².